The summed E-state index contributed by atoms with van der Waals surface area (Å²) in [6, 6.07) is 2.85. The minimum Gasteiger partial charge on any atom is -0.481 e. The number of carbonyl (C=O) groups is 1. The number of rotatable bonds is 5. The molecule has 1 aromatic heterocycles. The average Bonchev–Trinajstić information content (AvgIpc) is 2.62. The van der Waals surface area contributed by atoms with Crippen molar-refractivity contribution in [1.29, 1.82) is 0 Å². The molecule has 0 spiro atoms. The highest BCUT2D eigenvalue weighted by Crippen LogP contribution is 2.18. The van der Waals surface area contributed by atoms with Gasteiger partial charge >= 0.3 is 5.97 Å². The van der Waals surface area contributed by atoms with Crippen molar-refractivity contribution in [2.75, 3.05) is 0 Å². The van der Waals surface area contributed by atoms with Crippen LogP contribution in [0.5, 0.6) is 0 Å². The van der Waals surface area contributed by atoms with Crippen LogP contribution < -0.4 is 5.73 Å². The average molecular weight is 199 g/mol. The molecule has 0 amide bonds. The summed E-state index contributed by atoms with van der Waals surface area (Å²) in [5.74, 6) is 0.0652. The molecule has 1 aromatic rings. The zero-order chi connectivity index (χ0) is 10.6. The minimum absolute atomic E-state index is 0.0102. The Hall–Kier alpha value is -1.33. The first kappa shape index (κ1) is 10.7. The number of aliphatic hydroxyl groups excluding tert-OH is 1. The fourth-order valence-electron chi connectivity index (χ4n) is 1.10. The Kier molecular flexibility index (Phi) is 3.67. The molecular formula is C9H13NO4. The SMILES string of the molecule is N[C@H](CCC(=O)O)c1ccc(CO)o1. The van der Waals surface area contributed by atoms with E-state index in [2.05, 4.69) is 0 Å². The number of aliphatic carboxylic acids is 1. The van der Waals surface area contributed by atoms with E-state index in [4.69, 9.17) is 20.4 Å². The van der Waals surface area contributed by atoms with Gasteiger partial charge in [-0.15, -0.1) is 0 Å². The van der Waals surface area contributed by atoms with E-state index in [0.717, 1.165) is 0 Å². The Morgan fingerprint density at radius 2 is 2.29 bits per heavy atom. The Bertz CT molecular complexity index is 308. The molecule has 78 valence electrons. The topological polar surface area (TPSA) is 96.7 Å². The van der Waals surface area contributed by atoms with Crippen molar-refractivity contribution < 1.29 is 19.4 Å². The summed E-state index contributed by atoms with van der Waals surface area (Å²) >= 11 is 0. The molecule has 0 bridgehead atoms. The number of hydrogen-bond acceptors (Lipinski definition) is 4. The van der Waals surface area contributed by atoms with Crippen molar-refractivity contribution in [2.24, 2.45) is 5.73 Å². The number of carboxylic acids is 1. The van der Waals surface area contributed by atoms with Crippen LogP contribution in [0.1, 0.15) is 30.4 Å². The monoisotopic (exact) mass is 199 g/mol. The Morgan fingerprint density at radius 1 is 1.57 bits per heavy atom. The summed E-state index contributed by atoms with van der Waals surface area (Å²) < 4.78 is 5.16. The van der Waals surface area contributed by atoms with Gasteiger partial charge in [0, 0.05) is 6.42 Å². The van der Waals surface area contributed by atoms with E-state index in [1.54, 1.807) is 12.1 Å². The lowest BCUT2D eigenvalue weighted by Crippen LogP contribution is -2.11. The molecule has 0 aliphatic carbocycles. The molecule has 5 heteroatoms. The van der Waals surface area contributed by atoms with E-state index in [1.165, 1.54) is 0 Å². The van der Waals surface area contributed by atoms with Gasteiger partial charge < -0.3 is 20.4 Å². The smallest absolute Gasteiger partial charge is 0.303 e. The van der Waals surface area contributed by atoms with E-state index < -0.39 is 12.0 Å². The number of aliphatic hydroxyl groups is 1. The highest BCUT2D eigenvalue weighted by atomic mass is 16.4. The summed E-state index contributed by atoms with van der Waals surface area (Å²) in [7, 11) is 0. The van der Waals surface area contributed by atoms with Gasteiger partial charge in [0.1, 0.15) is 18.1 Å². The first-order valence-corrected chi connectivity index (χ1v) is 4.30. The first-order valence-electron chi connectivity index (χ1n) is 4.30. The summed E-state index contributed by atoms with van der Waals surface area (Å²) in [5.41, 5.74) is 5.67. The second-order valence-electron chi connectivity index (χ2n) is 3.00. The minimum atomic E-state index is -0.880. The van der Waals surface area contributed by atoms with E-state index in [1.807, 2.05) is 0 Å². The van der Waals surface area contributed by atoms with Gasteiger partial charge in [-0.1, -0.05) is 0 Å². The number of nitrogens with two attached hydrogens (primary N) is 1. The Morgan fingerprint density at radius 3 is 2.79 bits per heavy atom. The lowest BCUT2D eigenvalue weighted by molar-refractivity contribution is -0.137. The van der Waals surface area contributed by atoms with Gasteiger partial charge in [0.15, 0.2) is 0 Å². The molecule has 0 unspecified atom stereocenters. The molecule has 0 radical (unpaired) electrons. The summed E-state index contributed by atoms with van der Waals surface area (Å²) in [4.78, 5) is 10.3. The molecule has 0 aliphatic heterocycles. The third kappa shape index (κ3) is 2.86. The fourth-order valence-corrected chi connectivity index (χ4v) is 1.10. The van der Waals surface area contributed by atoms with Crippen LogP contribution in [0.3, 0.4) is 0 Å². The summed E-state index contributed by atoms with van der Waals surface area (Å²) in [6.45, 7) is -0.175. The molecular weight excluding hydrogens is 186 g/mol. The van der Waals surface area contributed by atoms with Crippen LogP contribution in [0.15, 0.2) is 16.5 Å². The first-order chi connectivity index (χ1) is 6.63. The van der Waals surface area contributed by atoms with Gasteiger partial charge in [0.05, 0.1) is 6.04 Å². The Balaban J connectivity index is 2.51. The van der Waals surface area contributed by atoms with E-state index >= 15 is 0 Å². The predicted octanol–water partition coefficient (Wildman–Crippen LogP) is 0.636. The van der Waals surface area contributed by atoms with Gasteiger partial charge in [-0.25, -0.2) is 0 Å². The second kappa shape index (κ2) is 4.78. The van der Waals surface area contributed by atoms with Crippen molar-refractivity contribution in [1.82, 2.24) is 0 Å². The van der Waals surface area contributed by atoms with E-state index in [0.29, 0.717) is 17.9 Å². The second-order valence-corrected chi connectivity index (χ2v) is 3.00. The van der Waals surface area contributed by atoms with E-state index in [-0.39, 0.29) is 13.0 Å². The maximum Gasteiger partial charge on any atom is 0.303 e. The lowest BCUT2D eigenvalue weighted by Gasteiger charge is -2.05. The third-order valence-corrected chi connectivity index (χ3v) is 1.87. The Labute approximate surface area is 81.1 Å². The van der Waals surface area contributed by atoms with E-state index in [9.17, 15) is 4.79 Å². The van der Waals surface area contributed by atoms with Crippen molar-refractivity contribution in [3.8, 4) is 0 Å². The van der Waals surface area contributed by atoms with Gasteiger partial charge in [-0.05, 0) is 18.6 Å². The standard InChI is InChI=1S/C9H13NO4/c10-7(2-4-9(12)13)8-3-1-6(5-11)14-8/h1,3,7,11H,2,4-5,10H2,(H,12,13)/t7-/m1/s1. The zero-order valence-corrected chi connectivity index (χ0v) is 7.64. The largest absolute Gasteiger partial charge is 0.481 e. The molecule has 1 atom stereocenters. The van der Waals surface area contributed by atoms with Crippen molar-refractivity contribution in [3.05, 3.63) is 23.7 Å². The molecule has 0 aromatic carbocycles. The van der Waals surface area contributed by atoms with Crippen LogP contribution >= 0.6 is 0 Å². The van der Waals surface area contributed by atoms with Crippen molar-refractivity contribution in [3.63, 3.8) is 0 Å². The maximum absolute atomic E-state index is 10.3. The van der Waals surface area contributed by atoms with Gasteiger partial charge in [-0.2, -0.15) is 0 Å². The molecule has 4 N–H and O–H groups in total. The van der Waals surface area contributed by atoms with Crippen molar-refractivity contribution >= 4 is 5.97 Å². The van der Waals surface area contributed by atoms with Gasteiger partial charge in [0.2, 0.25) is 0 Å². The number of hydrogen-bond donors (Lipinski definition) is 3. The zero-order valence-electron chi connectivity index (χ0n) is 7.64. The molecule has 0 aliphatic rings. The van der Waals surface area contributed by atoms with Crippen LogP contribution in [-0.2, 0) is 11.4 Å². The van der Waals surface area contributed by atoms with Crippen LogP contribution in [-0.4, -0.2) is 16.2 Å². The van der Waals surface area contributed by atoms with Crippen LogP contribution in [0.4, 0.5) is 0 Å². The number of carboxylic acid groups (broad SMARTS) is 1. The molecule has 0 saturated heterocycles. The quantitative estimate of drug-likeness (QED) is 0.646. The molecule has 0 fully saturated rings. The maximum atomic E-state index is 10.3. The van der Waals surface area contributed by atoms with Crippen LogP contribution in [0.2, 0.25) is 0 Å². The van der Waals surface area contributed by atoms with Crippen LogP contribution in [0.25, 0.3) is 0 Å². The predicted molar refractivity (Wildman–Crippen MR) is 48.4 cm³/mol. The summed E-state index contributed by atoms with van der Waals surface area (Å²) in [6.07, 6.45) is 0.337. The molecule has 5 nitrogen and oxygen atoms in total. The number of furan rings is 1. The molecule has 1 rings (SSSR count). The highest BCUT2D eigenvalue weighted by Gasteiger charge is 2.12. The highest BCUT2D eigenvalue weighted by molar-refractivity contribution is 5.66. The van der Waals surface area contributed by atoms with Gasteiger partial charge in [0.25, 0.3) is 0 Å². The summed E-state index contributed by atoms with van der Waals surface area (Å²) in [5, 5.41) is 17.2. The van der Waals surface area contributed by atoms with Gasteiger partial charge in [-0.3, -0.25) is 4.79 Å². The molecule has 1 heterocycles. The molecule has 0 saturated carbocycles. The fraction of sp³-hybridized carbons (Fsp3) is 0.444. The third-order valence-electron chi connectivity index (χ3n) is 1.87. The lowest BCUT2D eigenvalue weighted by atomic mass is 10.1. The molecule has 14 heavy (non-hydrogen) atoms. The normalized spacial score (nSPS) is 12.7. The van der Waals surface area contributed by atoms with Crippen LogP contribution in [0, 0.1) is 0 Å². The van der Waals surface area contributed by atoms with Crippen molar-refractivity contribution in [2.45, 2.75) is 25.5 Å².